The summed E-state index contributed by atoms with van der Waals surface area (Å²) in [6.45, 7) is -0.445. The standard InChI is InChI=1S/C10H10INO5/c1-16-8-3-6(4-12-15)2-7(11)10(8)17-5-9(13)14/h2-4,15H,5H2,1H3,(H,13,14)/b12-4-. The van der Waals surface area contributed by atoms with Crippen LogP contribution in [0.15, 0.2) is 17.3 Å². The third-order valence-electron chi connectivity index (χ3n) is 1.80. The number of aliphatic carboxylic acids is 1. The lowest BCUT2D eigenvalue weighted by Crippen LogP contribution is -2.11. The molecule has 0 amide bonds. The third kappa shape index (κ3) is 3.77. The molecule has 0 aliphatic heterocycles. The van der Waals surface area contributed by atoms with Crippen LogP contribution in [0.4, 0.5) is 0 Å². The minimum atomic E-state index is -1.07. The van der Waals surface area contributed by atoms with Crippen LogP contribution in [0.1, 0.15) is 5.56 Å². The number of oxime groups is 1. The molecule has 0 radical (unpaired) electrons. The number of carbonyl (C=O) groups is 1. The van der Waals surface area contributed by atoms with Gasteiger partial charge in [0.15, 0.2) is 18.1 Å². The number of nitrogens with zero attached hydrogens (tertiary/aromatic N) is 1. The Morgan fingerprint density at radius 2 is 2.29 bits per heavy atom. The van der Waals surface area contributed by atoms with Crippen LogP contribution in [0, 0.1) is 3.57 Å². The number of benzene rings is 1. The molecule has 2 N–H and O–H groups in total. The monoisotopic (exact) mass is 351 g/mol. The Bertz CT molecular complexity index is 447. The second-order valence-electron chi connectivity index (χ2n) is 2.96. The van der Waals surface area contributed by atoms with E-state index in [2.05, 4.69) is 5.16 Å². The van der Waals surface area contributed by atoms with Crippen LogP contribution in [-0.2, 0) is 4.79 Å². The molecule has 1 rings (SSSR count). The molecule has 0 aromatic heterocycles. The van der Waals surface area contributed by atoms with Gasteiger partial charge in [0, 0.05) is 5.56 Å². The van der Waals surface area contributed by atoms with Crippen LogP contribution in [0.2, 0.25) is 0 Å². The van der Waals surface area contributed by atoms with Crippen LogP contribution in [0.3, 0.4) is 0 Å². The van der Waals surface area contributed by atoms with Gasteiger partial charge in [-0.05, 0) is 34.7 Å². The normalized spacial score (nSPS) is 10.5. The summed E-state index contributed by atoms with van der Waals surface area (Å²) in [6.07, 6.45) is 1.24. The summed E-state index contributed by atoms with van der Waals surface area (Å²) < 4.78 is 10.9. The first-order valence-electron chi connectivity index (χ1n) is 4.48. The lowest BCUT2D eigenvalue weighted by Gasteiger charge is -2.11. The highest BCUT2D eigenvalue weighted by Crippen LogP contribution is 2.33. The Morgan fingerprint density at radius 1 is 1.59 bits per heavy atom. The fourth-order valence-electron chi connectivity index (χ4n) is 1.15. The van der Waals surface area contributed by atoms with Gasteiger partial charge in [0.2, 0.25) is 0 Å². The van der Waals surface area contributed by atoms with E-state index in [1.807, 2.05) is 22.6 Å². The number of methoxy groups -OCH3 is 1. The molecule has 0 unspecified atom stereocenters. The number of ether oxygens (including phenoxy) is 2. The first-order chi connectivity index (χ1) is 8.08. The maximum Gasteiger partial charge on any atom is 0.341 e. The highest BCUT2D eigenvalue weighted by Gasteiger charge is 2.12. The van der Waals surface area contributed by atoms with Crippen LogP contribution >= 0.6 is 22.6 Å². The molecule has 0 spiro atoms. The smallest absolute Gasteiger partial charge is 0.341 e. The average Bonchev–Trinajstić information content (AvgIpc) is 2.27. The van der Waals surface area contributed by atoms with E-state index in [1.54, 1.807) is 12.1 Å². The largest absolute Gasteiger partial charge is 0.493 e. The average molecular weight is 351 g/mol. The highest BCUT2D eigenvalue weighted by molar-refractivity contribution is 14.1. The van der Waals surface area contributed by atoms with Gasteiger partial charge in [0.25, 0.3) is 0 Å². The number of hydrogen-bond acceptors (Lipinski definition) is 5. The van der Waals surface area contributed by atoms with Crippen molar-refractivity contribution < 1.29 is 24.6 Å². The Kier molecular flexibility index (Phi) is 5.01. The van der Waals surface area contributed by atoms with Gasteiger partial charge in [-0.2, -0.15) is 0 Å². The zero-order valence-corrected chi connectivity index (χ0v) is 11.0. The van der Waals surface area contributed by atoms with E-state index in [9.17, 15) is 4.79 Å². The van der Waals surface area contributed by atoms with E-state index in [1.165, 1.54) is 13.3 Å². The summed E-state index contributed by atoms with van der Waals surface area (Å²) in [5.41, 5.74) is 0.622. The molecule has 0 saturated heterocycles. The second kappa shape index (κ2) is 6.28. The SMILES string of the molecule is COc1cc(/C=N\O)cc(I)c1OCC(=O)O. The summed E-state index contributed by atoms with van der Waals surface area (Å²) in [4.78, 5) is 10.4. The van der Waals surface area contributed by atoms with E-state index < -0.39 is 12.6 Å². The Hall–Kier alpha value is -1.51. The van der Waals surface area contributed by atoms with Crippen molar-refractivity contribution in [1.29, 1.82) is 0 Å². The van der Waals surface area contributed by atoms with E-state index in [-0.39, 0.29) is 0 Å². The molecule has 6 nitrogen and oxygen atoms in total. The fraction of sp³-hybridized carbons (Fsp3) is 0.200. The minimum Gasteiger partial charge on any atom is -0.493 e. The molecule has 0 bridgehead atoms. The lowest BCUT2D eigenvalue weighted by atomic mass is 10.2. The quantitative estimate of drug-likeness (QED) is 0.364. The molecule has 0 atom stereocenters. The van der Waals surface area contributed by atoms with Crippen LogP contribution < -0.4 is 9.47 Å². The van der Waals surface area contributed by atoms with Crippen molar-refractivity contribution in [2.24, 2.45) is 5.16 Å². The maximum absolute atomic E-state index is 10.4. The molecular weight excluding hydrogens is 341 g/mol. The second-order valence-corrected chi connectivity index (χ2v) is 4.12. The van der Waals surface area contributed by atoms with Crippen molar-refractivity contribution in [3.63, 3.8) is 0 Å². The molecule has 1 aromatic carbocycles. The molecule has 0 heterocycles. The van der Waals surface area contributed by atoms with Gasteiger partial charge in [-0.3, -0.25) is 0 Å². The van der Waals surface area contributed by atoms with Gasteiger partial charge in [-0.25, -0.2) is 4.79 Å². The number of carboxylic acid groups (broad SMARTS) is 1. The predicted octanol–water partition coefficient (Wildman–Crippen LogP) is 1.57. The van der Waals surface area contributed by atoms with Crippen molar-refractivity contribution in [2.45, 2.75) is 0 Å². The molecule has 0 fully saturated rings. The minimum absolute atomic E-state index is 0.352. The molecular formula is C10H10INO5. The highest BCUT2D eigenvalue weighted by atomic mass is 127. The van der Waals surface area contributed by atoms with Gasteiger partial charge in [0.1, 0.15) is 0 Å². The first-order valence-corrected chi connectivity index (χ1v) is 5.56. The number of rotatable bonds is 5. The van der Waals surface area contributed by atoms with Gasteiger partial charge >= 0.3 is 5.97 Å². The van der Waals surface area contributed by atoms with E-state index in [0.29, 0.717) is 20.6 Å². The zero-order valence-electron chi connectivity index (χ0n) is 8.88. The van der Waals surface area contributed by atoms with E-state index in [4.69, 9.17) is 19.8 Å². The Labute approximate surface area is 111 Å². The molecule has 0 aliphatic carbocycles. The summed E-state index contributed by atoms with van der Waals surface area (Å²) >= 11 is 1.98. The van der Waals surface area contributed by atoms with Gasteiger partial charge in [-0.1, -0.05) is 5.16 Å². The predicted molar refractivity (Wildman–Crippen MR) is 68.2 cm³/mol. The fourth-order valence-corrected chi connectivity index (χ4v) is 1.94. The number of halogens is 1. The van der Waals surface area contributed by atoms with Crippen molar-refractivity contribution in [2.75, 3.05) is 13.7 Å². The van der Waals surface area contributed by atoms with Crippen LogP contribution in [0.25, 0.3) is 0 Å². The van der Waals surface area contributed by atoms with Crippen molar-refractivity contribution in [3.8, 4) is 11.5 Å². The van der Waals surface area contributed by atoms with Gasteiger partial charge in [-0.15, -0.1) is 0 Å². The maximum atomic E-state index is 10.4. The summed E-state index contributed by atoms with van der Waals surface area (Å²) in [5, 5.41) is 19.9. The van der Waals surface area contributed by atoms with Crippen molar-refractivity contribution >= 4 is 34.8 Å². The molecule has 7 heteroatoms. The van der Waals surface area contributed by atoms with Crippen LogP contribution in [-0.4, -0.2) is 36.2 Å². The molecule has 0 saturated carbocycles. The lowest BCUT2D eigenvalue weighted by molar-refractivity contribution is -0.139. The third-order valence-corrected chi connectivity index (χ3v) is 2.60. The molecule has 92 valence electrons. The number of carboxylic acids is 1. The molecule has 0 aliphatic rings. The van der Waals surface area contributed by atoms with Crippen molar-refractivity contribution in [1.82, 2.24) is 0 Å². The summed E-state index contributed by atoms with van der Waals surface area (Å²) in [7, 11) is 1.44. The topological polar surface area (TPSA) is 88.4 Å². The first kappa shape index (κ1) is 13.6. The number of hydrogen-bond donors (Lipinski definition) is 2. The molecule has 1 aromatic rings. The Morgan fingerprint density at radius 3 is 2.82 bits per heavy atom. The van der Waals surface area contributed by atoms with Crippen LogP contribution in [0.5, 0.6) is 11.5 Å². The Balaban J connectivity index is 3.07. The van der Waals surface area contributed by atoms with E-state index in [0.717, 1.165) is 0 Å². The van der Waals surface area contributed by atoms with Gasteiger partial charge in [0.05, 0.1) is 16.9 Å². The molecule has 17 heavy (non-hydrogen) atoms. The zero-order chi connectivity index (χ0) is 12.8. The van der Waals surface area contributed by atoms with Crippen molar-refractivity contribution in [3.05, 3.63) is 21.3 Å². The summed E-state index contributed by atoms with van der Waals surface area (Å²) in [5.74, 6) is -0.331. The van der Waals surface area contributed by atoms with E-state index >= 15 is 0 Å². The van der Waals surface area contributed by atoms with Gasteiger partial charge < -0.3 is 19.8 Å². The summed E-state index contributed by atoms with van der Waals surface area (Å²) in [6, 6.07) is 3.26.